The van der Waals surface area contributed by atoms with Crippen LogP contribution in [0.3, 0.4) is 0 Å². The molecule has 0 saturated heterocycles. The van der Waals surface area contributed by atoms with Gasteiger partial charge in [-0.15, -0.1) is 11.3 Å². The molecule has 0 spiro atoms. The fourth-order valence-corrected chi connectivity index (χ4v) is 3.87. The lowest BCUT2D eigenvalue weighted by molar-refractivity contribution is 0.270. The third kappa shape index (κ3) is 2.76. The summed E-state index contributed by atoms with van der Waals surface area (Å²) >= 11 is 7.82. The average molecular weight is 307 g/mol. The molecule has 106 valence electrons. The van der Waals surface area contributed by atoms with E-state index >= 15 is 0 Å². The van der Waals surface area contributed by atoms with E-state index in [-0.39, 0.29) is 5.41 Å². The van der Waals surface area contributed by atoms with Crippen molar-refractivity contribution in [2.24, 2.45) is 5.41 Å². The van der Waals surface area contributed by atoms with E-state index in [0.717, 1.165) is 24.4 Å². The minimum atomic E-state index is 0.231. The highest BCUT2D eigenvalue weighted by Gasteiger charge is 2.38. The van der Waals surface area contributed by atoms with Gasteiger partial charge in [0, 0.05) is 29.4 Å². The van der Waals surface area contributed by atoms with Crippen LogP contribution in [0.2, 0.25) is 5.02 Å². The van der Waals surface area contributed by atoms with Crippen LogP contribution in [0, 0.1) is 5.41 Å². The normalized spacial score (nSPS) is 20.1. The highest BCUT2D eigenvalue weighted by molar-refractivity contribution is 7.07. The summed E-state index contributed by atoms with van der Waals surface area (Å²) in [5.41, 5.74) is 6.08. The number of fused-ring (bicyclic) bond motifs is 1. The molecule has 4 heteroatoms. The van der Waals surface area contributed by atoms with Crippen molar-refractivity contribution in [2.45, 2.75) is 32.7 Å². The van der Waals surface area contributed by atoms with Gasteiger partial charge in [-0.3, -0.25) is 0 Å². The van der Waals surface area contributed by atoms with Gasteiger partial charge in [0.2, 0.25) is 0 Å². The summed E-state index contributed by atoms with van der Waals surface area (Å²) in [6.45, 7) is 5.59. The number of halogens is 1. The number of hydrogen-bond acceptors (Lipinski definition) is 3. The Kier molecular flexibility index (Phi) is 3.85. The Morgan fingerprint density at radius 2 is 2.30 bits per heavy atom. The molecule has 1 aliphatic rings. The average Bonchev–Trinajstić information content (AvgIpc) is 2.97. The molecule has 1 aromatic heterocycles. The van der Waals surface area contributed by atoms with Gasteiger partial charge in [0.25, 0.3) is 0 Å². The molecule has 0 radical (unpaired) electrons. The number of hydrogen-bond donors (Lipinski definition) is 1. The summed E-state index contributed by atoms with van der Waals surface area (Å²) in [4.78, 5) is 4.33. The first-order valence-electron chi connectivity index (χ1n) is 6.95. The van der Waals surface area contributed by atoms with Crippen LogP contribution >= 0.6 is 22.9 Å². The second kappa shape index (κ2) is 5.47. The van der Waals surface area contributed by atoms with E-state index in [1.807, 2.05) is 11.6 Å². The maximum absolute atomic E-state index is 6.16. The Balaban J connectivity index is 1.73. The van der Waals surface area contributed by atoms with E-state index < -0.39 is 0 Å². The number of aromatic nitrogens is 1. The van der Waals surface area contributed by atoms with Gasteiger partial charge in [-0.2, -0.15) is 0 Å². The van der Waals surface area contributed by atoms with Crippen LogP contribution in [0.1, 0.15) is 36.7 Å². The molecule has 0 bridgehead atoms. The van der Waals surface area contributed by atoms with Crippen molar-refractivity contribution in [3.63, 3.8) is 0 Å². The van der Waals surface area contributed by atoms with Gasteiger partial charge >= 0.3 is 0 Å². The van der Waals surface area contributed by atoms with Crippen molar-refractivity contribution in [1.29, 1.82) is 0 Å². The SMILES string of the molecule is CC1(C)Cc2ccc(Cl)cc2C1NCCc1cscn1. The molecule has 0 aliphatic heterocycles. The summed E-state index contributed by atoms with van der Waals surface area (Å²) in [6.07, 6.45) is 2.08. The van der Waals surface area contributed by atoms with Crippen LogP contribution in [0.5, 0.6) is 0 Å². The standard InChI is InChI=1S/C16H19ClN2S/c1-16(2)8-11-3-4-12(17)7-14(11)15(16)18-6-5-13-9-20-10-19-13/h3-4,7,9-10,15,18H,5-6,8H2,1-2H3. The molecule has 1 unspecified atom stereocenters. The zero-order valence-corrected chi connectivity index (χ0v) is 13.4. The molecule has 1 heterocycles. The van der Waals surface area contributed by atoms with Gasteiger partial charge in [-0.1, -0.05) is 31.5 Å². The molecule has 1 N–H and O–H groups in total. The Morgan fingerprint density at radius 1 is 1.45 bits per heavy atom. The van der Waals surface area contributed by atoms with Crippen molar-refractivity contribution in [1.82, 2.24) is 10.3 Å². The van der Waals surface area contributed by atoms with Gasteiger partial charge in [0.15, 0.2) is 0 Å². The molecular formula is C16H19ClN2S. The fourth-order valence-electron chi connectivity index (χ4n) is 3.10. The zero-order chi connectivity index (χ0) is 14.2. The van der Waals surface area contributed by atoms with Crippen LogP contribution in [0.15, 0.2) is 29.1 Å². The molecule has 0 saturated carbocycles. The minimum absolute atomic E-state index is 0.231. The number of benzene rings is 1. The van der Waals surface area contributed by atoms with Crippen molar-refractivity contribution in [2.75, 3.05) is 6.54 Å². The molecule has 2 aromatic rings. The largest absolute Gasteiger partial charge is 0.309 e. The molecule has 1 aromatic carbocycles. The minimum Gasteiger partial charge on any atom is -0.309 e. The lowest BCUT2D eigenvalue weighted by Crippen LogP contribution is -2.32. The summed E-state index contributed by atoms with van der Waals surface area (Å²) in [5, 5.41) is 6.64. The molecule has 3 rings (SSSR count). The number of nitrogens with one attached hydrogen (secondary N) is 1. The first-order chi connectivity index (χ1) is 9.56. The first-order valence-corrected chi connectivity index (χ1v) is 8.27. The Labute approximate surface area is 129 Å². The second-order valence-corrected chi connectivity index (χ2v) is 7.28. The molecule has 2 nitrogen and oxygen atoms in total. The van der Waals surface area contributed by atoms with Crippen LogP contribution in [0.4, 0.5) is 0 Å². The molecule has 0 fully saturated rings. The number of nitrogens with zero attached hydrogens (tertiary/aromatic N) is 1. The third-order valence-corrected chi connectivity index (χ3v) is 4.93. The lowest BCUT2D eigenvalue weighted by Gasteiger charge is -2.28. The quantitative estimate of drug-likeness (QED) is 0.913. The maximum Gasteiger partial charge on any atom is 0.0794 e. The Bertz CT molecular complexity index is 593. The summed E-state index contributed by atoms with van der Waals surface area (Å²) in [6, 6.07) is 6.65. The fraction of sp³-hybridized carbons (Fsp3) is 0.438. The highest BCUT2D eigenvalue weighted by atomic mass is 35.5. The maximum atomic E-state index is 6.16. The predicted octanol–water partition coefficient (Wildman–Crippen LogP) is 4.25. The summed E-state index contributed by atoms with van der Waals surface area (Å²) < 4.78 is 0. The monoisotopic (exact) mass is 306 g/mol. The van der Waals surface area contributed by atoms with Crippen LogP contribution in [-0.4, -0.2) is 11.5 Å². The van der Waals surface area contributed by atoms with E-state index in [4.69, 9.17) is 11.6 Å². The third-order valence-electron chi connectivity index (χ3n) is 4.06. The van der Waals surface area contributed by atoms with E-state index in [1.165, 1.54) is 16.8 Å². The van der Waals surface area contributed by atoms with Gasteiger partial charge in [0.1, 0.15) is 0 Å². The van der Waals surface area contributed by atoms with Crippen LogP contribution < -0.4 is 5.32 Å². The van der Waals surface area contributed by atoms with Gasteiger partial charge in [0.05, 0.1) is 11.2 Å². The molecule has 1 aliphatic carbocycles. The van der Waals surface area contributed by atoms with Crippen molar-refractivity contribution >= 4 is 22.9 Å². The van der Waals surface area contributed by atoms with Crippen molar-refractivity contribution in [3.8, 4) is 0 Å². The molecule has 1 atom stereocenters. The van der Waals surface area contributed by atoms with E-state index in [2.05, 4.69) is 41.7 Å². The topological polar surface area (TPSA) is 24.9 Å². The first kappa shape index (κ1) is 14.1. The van der Waals surface area contributed by atoms with Crippen molar-refractivity contribution in [3.05, 3.63) is 50.9 Å². The number of rotatable bonds is 4. The van der Waals surface area contributed by atoms with Gasteiger partial charge < -0.3 is 5.32 Å². The lowest BCUT2D eigenvalue weighted by atomic mass is 9.85. The second-order valence-electron chi connectivity index (χ2n) is 6.13. The Morgan fingerprint density at radius 3 is 3.05 bits per heavy atom. The number of thiazole rings is 1. The van der Waals surface area contributed by atoms with E-state index in [0.29, 0.717) is 6.04 Å². The summed E-state index contributed by atoms with van der Waals surface area (Å²) in [7, 11) is 0. The van der Waals surface area contributed by atoms with E-state index in [9.17, 15) is 0 Å². The zero-order valence-electron chi connectivity index (χ0n) is 11.8. The van der Waals surface area contributed by atoms with E-state index in [1.54, 1.807) is 11.3 Å². The van der Waals surface area contributed by atoms with Crippen molar-refractivity contribution < 1.29 is 0 Å². The Hall–Kier alpha value is -0.900. The van der Waals surface area contributed by atoms with Gasteiger partial charge in [-0.05, 0) is 35.1 Å². The van der Waals surface area contributed by atoms with Crippen LogP contribution in [-0.2, 0) is 12.8 Å². The van der Waals surface area contributed by atoms with Gasteiger partial charge in [-0.25, -0.2) is 4.98 Å². The molecule has 20 heavy (non-hydrogen) atoms. The molecular weight excluding hydrogens is 288 g/mol. The predicted molar refractivity (Wildman–Crippen MR) is 85.5 cm³/mol. The van der Waals surface area contributed by atoms with Crippen LogP contribution in [0.25, 0.3) is 0 Å². The molecule has 0 amide bonds. The highest BCUT2D eigenvalue weighted by Crippen LogP contribution is 2.45. The summed E-state index contributed by atoms with van der Waals surface area (Å²) in [5.74, 6) is 0. The smallest absolute Gasteiger partial charge is 0.0794 e.